The fourth-order valence-corrected chi connectivity index (χ4v) is 15.0. The Bertz CT molecular complexity index is 1870. The molecular formula is C48H76O19. The number of carbonyl (C=O) groups excluding carboxylic acids is 1. The van der Waals surface area contributed by atoms with E-state index < -0.39 is 134 Å². The fourth-order valence-electron chi connectivity index (χ4n) is 15.0. The molecule has 23 atom stereocenters. The quantitative estimate of drug-likeness (QED) is 0.0838. The molecule has 0 aromatic carbocycles. The second-order valence-electron chi connectivity index (χ2n) is 23.5. The van der Waals surface area contributed by atoms with Crippen molar-refractivity contribution in [2.75, 3.05) is 13.2 Å². The molecule has 382 valence electrons. The van der Waals surface area contributed by atoms with Crippen molar-refractivity contribution in [2.45, 2.75) is 211 Å². The molecule has 11 N–H and O–H groups in total. The van der Waals surface area contributed by atoms with Crippen molar-refractivity contribution < 1.29 is 94.2 Å². The molecule has 3 saturated heterocycles. The van der Waals surface area contributed by atoms with Gasteiger partial charge in [-0.2, -0.15) is 0 Å². The zero-order chi connectivity index (χ0) is 49.1. The first-order valence-corrected chi connectivity index (χ1v) is 24.3. The summed E-state index contributed by atoms with van der Waals surface area (Å²) < 4.78 is 35.7. The third-order valence-corrected chi connectivity index (χ3v) is 19.3. The zero-order valence-corrected chi connectivity index (χ0v) is 39.7. The van der Waals surface area contributed by atoms with Crippen LogP contribution in [0.5, 0.6) is 0 Å². The first-order chi connectivity index (χ1) is 31.2. The van der Waals surface area contributed by atoms with Gasteiger partial charge in [-0.1, -0.05) is 60.1 Å². The van der Waals surface area contributed by atoms with E-state index in [4.69, 9.17) is 28.4 Å². The van der Waals surface area contributed by atoms with Crippen LogP contribution in [0.2, 0.25) is 0 Å². The van der Waals surface area contributed by atoms with Gasteiger partial charge in [0.25, 0.3) is 0 Å². The maximum atomic E-state index is 14.7. The molecule has 3 aliphatic heterocycles. The summed E-state index contributed by atoms with van der Waals surface area (Å²) in [5.41, 5.74) is -1.05. The molecule has 0 bridgehead atoms. The molecule has 0 amide bonds. The highest BCUT2D eigenvalue weighted by molar-refractivity contribution is 5.79. The number of fused-ring (bicyclic) bond motifs is 7. The average molecular weight is 957 g/mol. The Balaban J connectivity index is 1.05. The van der Waals surface area contributed by atoms with Crippen molar-refractivity contribution in [3.63, 3.8) is 0 Å². The van der Waals surface area contributed by atoms with Crippen LogP contribution >= 0.6 is 0 Å². The molecule has 19 nitrogen and oxygen atoms in total. The molecule has 0 unspecified atom stereocenters. The molecule has 4 saturated carbocycles. The summed E-state index contributed by atoms with van der Waals surface area (Å²) in [7, 11) is 0. The highest BCUT2D eigenvalue weighted by Gasteiger charge is 2.70. The van der Waals surface area contributed by atoms with Gasteiger partial charge in [-0.3, -0.25) is 4.79 Å². The summed E-state index contributed by atoms with van der Waals surface area (Å²) in [5, 5.41) is 115. The molecule has 5 aliphatic carbocycles. The van der Waals surface area contributed by atoms with Gasteiger partial charge in [0.15, 0.2) is 18.7 Å². The standard InChI is InChI=1S/C48H76O19/c1-43(2)14-16-48(42(61)67-40-35(58)31(54)29(52)24(20-50)63-40)17-15-46(6)21(22(48)18-43)8-9-26-45(5)12-11-27(44(3,4)25(45)10-13-47(26,46)7)64-41-37(33(56)32(55)36(65-41)38(59)60)66-39-34(57)30(53)28(51)23(19-49)62-39/h8,22-37,39-41,49-58H,9-20H2,1-7H3,(H,59,60)/t22-,23+,24-,25+,26-,27+,28+,29-,30-,31+,32-,33-,34+,35-,36-,37+,39-,40+,41+,45+,46-,47-,48+/m1/s1. The number of carboxylic acids is 1. The van der Waals surface area contributed by atoms with Crippen LogP contribution in [0, 0.1) is 50.2 Å². The number of rotatable bonds is 9. The van der Waals surface area contributed by atoms with Crippen LogP contribution in [0.3, 0.4) is 0 Å². The monoisotopic (exact) mass is 956 g/mol. The number of esters is 1. The molecule has 3 heterocycles. The number of hydrogen-bond acceptors (Lipinski definition) is 18. The van der Waals surface area contributed by atoms with Crippen LogP contribution in [0.25, 0.3) is 0 Å². The summed E-state index contributed by atoms with van der Waals surface area (Å²) in [5.74, 6) is -1.94. The summed E-state index contributed by atoms with van der Waals surface area (Å²) >= 11 is 0. The summed E-state index contributed by atoms with van der Waals surface area (Å²) in [6, 6.07) is 0. The van der Waals surface area contributed by atoms with Gasteiger partial charge in [0.2, 0.25) is 6.29 Å². The number of carboxylic acid groups (broad SMARTS) is 1. The largest absolute Gasteiger partial charge is 0.479 e. The molecule has 8 aliphatic rings. The highest BCUT2D eigenvalue weighted by atomic mass is 16.8. The molecule has 0 radical (unpaired) electrons. The summed E-state index contributed by atoms with van der Waals surface area (Å²) in [6.45, 7) is 14.4. The number of aliphatic hydroxyl groups excluding tert-OH is 10. The zero-order valence-electron chi connectivity index (χ0n) is 39.7. The SMILES string of the molecule is CC1(C)CC[C@]2(C(=O)O[C@@H]3O[C@H](CO)[C@@H](O)[C@H](O)[C@H]3O)CC[C@]3(C)C(=CC[C@@H]4[C@@]5(C)CC[C@H](O[C@H]6O[C@@H](C(=O)O)[C@H](O)[C@@H](O)[C@@H]6O[C@H]6O[C@@H](CO)[C@H](O)[C@@H](O)[C@@H]6O)C(C)(C)[C@@H]5CC[C@]43C)[C@H]2C1. The third-order valence-electron chi connectivity index (χ3n) is 19.3. The van der Waals surface area contributed by atoms with Crippen LogP contribution in [0.1, 0.15) is 113 Å². The van der Waals surface area contributed by atoms with Crippen molar-refractivity contribution in [1.29, 1.82) is 0 Å². The molecule has 67 heavy (non-hydrogen) atoms. The minimum atomic E-state index is -1.98. The maximum absolute atomic E-state index is 14.7. The minimum Gasteiger partial charge on any atom is -0.479 e. The smallest absolute Gasteiger partial charge is 0.335 e. The van der Waals surface area contributed by atoms with Gasteiger partial charge in [-0.05, 0) is 109 Å². The lowest BCUT2D eigenvalue weighted by atomic mass is 9.33. The number of aliphatic carboxylic acids is 1. The van der Waals surface area contributed by atoms with Crippen molar-refractivity contribution in [3.05, 3.63) is 11.6 Å². The lowest BCUT2D eigenvalue weighted by molar-refractivity contribution is -0.374. The van der Waals surface area contributed by atoms with Gasteiger partial charge >= 0.3 is 11.9 Å². The van der Waals surface area contributed by atoms with Crippen molar-refractivity contribution in [2.24, 2.45) is 50.2 Å². The first kappa shape index (κ1) is 51.4. The van der Waals surface area contributed by atoms with Crippen molar-refractivity contribution >= 4 is 11.9 Å². The summed E-state index contributed by atoms with van der Waals surface area (Å²) in [6.07, 6.45) is -16.4. The Morgan fingerprint density at radius 3 is 1.85 bits per heavy atom. The van der Waals surface area contributed by atoms with E-state index in [9.17, 15) is 65.8 Å². The van der Waals surface area contributed by atoms with E-state index in [0.29, 0.717) is 25.7 Å². The average Bonchev–Trinajstić information content (AvgIpc) is 3.26. The highest BCUT2D eigenvalue weighted by Crippen LogP contribution is 2.76. The van der Waals surface area contributed by atoms with E-state index in [1.807, 2.05) is 0 Å². The number of hydrogen-bond donors (Lipinski definition) is 11. The summed E-state index contributed by atoms with van der Waals surface area (Å²) in [4.78, 5) is 27.0. The van der Waals surface area contributed by atoms with Gasteiger partial charge < -0.3 is 84.6 Å². The van der Waals surface area contributed by atoms with E-state index >= 15 is 0 Å². The Morgan fingerprint density at radius 2 is 1.24 bits per heavy atom. The van der Waals surface area contributed by atoms with E-state index in [-0.39, 0.29) is 39.4 Å². The number of allylic oxidation sites excluding steroid dienone is 2. The molecule has 0 aromatic heterocycles. The number of ether oxygens (including phenoxy) is 6. The normalized spacial score (nSPS) is 52.6. The second-order valence-corrected chi connectivity index (χ2v) is 23.5. The maximum Gasteiger partial charge on any atom is 0.335 e. The predicted molar refractivity (Wildman–Crippen MR) is 231 cm³/mol. The van der Waals surface area contributed by atoms with Gasteiger partial charge in [-0.15, -0.1) is 0 Å². The molecule has 0 spiro atoms. The van der Waals surface area contributed by atoms with Crippen molar-refractivity contribution in [3.8, 4) is 0 Å². The lowest BCUT2D eigenvalue weighted by Crippen LogP contribution is -2.67. The van der Waals surface area contributed by atoms with Crippen LogP contribution in [-0.2, 0) is 38.0 Å². The minimum absolute atomic E-state index is 0.0828. The van der Waals surface area contributed by atoms with Crippen molar-refractivity contribution in [1.82, 2.24) is 0 Å². The molecule has 19 heteroatoms. The number of aliphatic hydroxyl groups is 10. The van der Waals surface area contributed by atoms with E-state index in [1.54, 1.807) is 0 Å². The van der Waals surface area contributed by atoms with Crippen LogP contribution in [-0.4, -0.2) is 180 Å². The van der Waals surface area contributed by atoms with Gasteiger partial charge in [0, 0.05) is 0 Å². The van der Waals surface area contributed by atoms with Crippen LogP contribution in [0.4, 0.5) is 0 Å². The first-order valence-electron chi connectivity index (χ1n) is 24.3. The van der Waals surface area contributed by atoms with E-state index in [0.717, 1.165) is 38.5 Å². The second kappa shape index (κ2) is 18.0. The fraction of sp³-hybridized carbons (Fsp3) is 0.917. The lowest BCUT2D eigenvalue weighted by Gasteiger charge is -2.71. The topological polar surface area (TPSA) is 312 Å². The van der Waals surface area contributed by atoms with Gasteiger partial charge in [0.05, 0.1) is 24.7 Å². The third kappa shape index (κ3) is 8.06. The molecular weight excluding hydrogens is 881 g/mol. The van der Waals surface area contributed by atoms with Gasteiger partial charge in [-0.25, -0.2) is 4.79 Å². The molecule has 7 fully saturated rings. The number of carbonyl (C=O) groups is 2. The Hall–Kier alpha value is -1.92. The molecule has 8 rings (SSSR count). The van der Waals surface area contributed by atoms with Crippen LogP contribution in [0.15, 0.2) is 11.6 Å². The Kier molecular flexibility index (Phi) is 13.8. The Morgan fingerprint density at radius 1 is 0.642 bits per heavy atom. The van der Waals surface area contributed by atoms with E-state index in [1.165, 1.54) is 5.57 Å². The molecule has 0 aromatic rings. The van der Waals surface area contributed by atoms with E-state index in [2.05, 4.69) is 54.5 Å². The van der Waals surface area contributed by atoms with Gasteiger partial charge in [0.1, 0.15) is 67.1 Å². The predicted octanol–water partition coefficient (Wildman–Crippen LogP) is 0.233. The Labute approximate surface area is 391 Å². The van der Waals surface area contributed by atoms with Crippen LogP contribution < -0.4 is 0 Å².